The number of carboxylic acids is 2. The minimum atomic E-state index is -1.79. The molecular weight excluding hydrogens is 268 g/mol. The van der Waals surface area contributed by atoms with E-state index in [1.807, 2.05) is 42.5 Å². The van der Waals surface area contributed by atoms with E-state index in [2.05, 4.69) is 0 Å². The molecule has 21 heavy (non-hydrogen) atoms. The molecule has 1 atom stereocenters. The van der Waals surface area contributed by atoms with Gasteiger partial charge in [0.05, 0.1) is 0 Å². The molecule has 110 valence electrons. The second kappa shape index (κ2) is 5.56. The lowest BCUT2D eigenvalue weighted by molar-refractivity contribution is -0.167. The number of fused-ring (bicyclic) bond motifs is 1. The molecule has 4 nitrogen and oxygen atoms in total. The summed E-state index contributed by atoms with van der Waals surface area (Å²) in [5.41, 5.74) is -0.828. The van der Waals surface area contributed by atoms with Gasteiger partial charge in [-0.3, -0.25) is 9.59 Å². The third-order valence-electron chi connectivity index (χ3n) is 4.28. The Labute approximate surface area is 123 Å². The molecule has 0 aromatic heterocycles. The molecule has 2 rings (SSSR count). The highest BCUT2D eigenvalue weighted by Crippen LogP contribution is 2.32. The second-order valence-electron chi connectivity index (χ2n) is 5.56. The van der Waals surface area contributed by atoms with Crippen LogP contribution in [-0.2, 0) is 16.0 Å². The second-order valence-corrected chi connectivity index (χ2v) is 5.56. The Bertz CT molecular complexity index is 671. The fourth-order valence-electron chi connectivity index (χ4n) is 2.52. The van der Waals surface area contributed by atoms with Gasteiger partial charge in [-0.2, -0.15) is 0 Å². The van der Waals surface area contributed by atoms with E-state index >= 15 is 0 Å². The summed E-state index contributed by atoms with van der Waals surface area (Å²) in [6.45, 7) is 2.94. The van der Waals surface area contributed by atoms with E-state index in [1.165, 1.54) is 6.92 Å². The van der Waals surface area contributed by atoms with Crippen molar-refractivity contribution in [3.05, 3.63) is 48.0 Å². The van der Waals surface area contributed by atoms with E-state index < -0.39 is 23.3 Å². The summed E-state index contributed by atoms with van der Waals surface area (Å²) in [5, 5.41) is 20.7. The van der Waals surface area contributed by atoms with Crippen LogP contribution in [0.5, 0.6) is 0 Å². The summed E-state index contributed by atoms with van der Waals surface area (Å²) in [4.78, 5) is 22.8. The maximum atomic E-state index is 11.4. The standard InChI is InChI=1S/C17H18O4/c1-11(17(2,15(18)19)16(20)21)10-13-8-5-7-12-6-3-4-9-14(12)13/h3-9,11H,10H2,1-2H3,(H,18,19)(H,20,21). The van der Waals surface area contributed by atoms with Crippen molar-refractivity contribution in [2.24, 2.45) is 11.3 Å². The highest BCUT2D eigenvalue weighted by atomic mass is 16.4. The van der Waals surface area contributed by atoms with E-state index in [0.29, 0.717) is 6.42 Å². The van der Waals surface area contributed by atoms with E-state index in [0.717, 1.165) is 16.3 Å². The first-order chi connectivity index (χ1) is 9.87. The van der Waals surface area contributed by atoms with Crippen molar-refractivity contribution in [2.45, 2.75) is 20.3 Å². The van der Waals surface area contributed by atoms with Gasteiger partial charge in [-0.05, 0) is 35.6 Å². The lowest BCUT2D eigenvalue weighted by atomic mass is 9.74. The van der Waals surface area contributed by atoms with Gasteiger partial charge in [-0.25, -0.2) is 0 Å². The zero-order valence-corrected chi connectivity index (χ0v) is 12.0. The first-order valence-electron chi connectivity index (χ1n) is 6.80. The molecular formula is C17H18O4. The number of carbonyl (C=O) groups is 2. The van der Waals surface area contributed by atoms with Gasteiger partial charge in [0, 0.05) is 0 Å². The molecule has 2 aromatic carbocycles. The van der Waals surface area contributed by atoms with Gasteiger partial charge in [-0.1, -0.05) is 49.4 Å². The number of aliphatic carboxylic acids is 2. The van der Waals surface area contributed by atoms with Crippen LogP contribution in [0.25, 0.3) is 10.8 Å². The zero-order valence-electron chi connectivity index (χ0n) is 12.0. The van der Waals surface area contributed by atoms with Crippen molar-refractivity contribution < 1.29 is 19.8 Å². The van der Waals surface area contributed by atoms with Crippen LogP contribution >= 0.6 is 0 Å². The third kappa shape index (κ3) is 2.61. The van der Waals surface area contributed by atoms with Gasteiger partial charge in [0.1, 0.15) is 0 Å². The van der Waals surface area contributed by atoms with Crippen molar-refractivity contribution in [1.29, 1.82) is 0 Å². The largest absolute Gasteiger partial charge is 0.480 e. The molecule has 4 heteroatoms. The van der Waals surface area contributed by atoms with E-state index in [9.17, 15) is 19.8 Å². The van der Waals surface area contributed by atoms with Crippen LogP contribution in [0.2, 0.25) is 0 Å². The summed E-state index contributed by atoms with van der Waals surface area (Å²) in [6.07, 6.45) is 0.399. The van der Waals surface area contributed by atoms with Crippen LogP contribution in [-0.4, -0.2) is 22.2 Å². The Hall–Kier alpha value is -2.36. The van der Waals surface area contributed by atoms with E-state index in [1.54, 1.807) is 6.92 Å². The summed E-state index contributed by atoms with van der Waals surface area (Å²) < 4.78 is 0. The quantitative estimate of drug-likeness (QED) is 0.828. The number of hydrogen-bond donors (Lipinski definition) is 2. The van der Waals surface area contributed by atoms with Crippen molar-refractivity contribution in [2.75, 3.05) is 0 Å². The Morgan fingerprint density at radius 1 is 1.05 bits per heavy atom. The van der Waals surface area contributed by atoms with E-state index in [-0.39, 0.29) is 0 Å². The van der Waals surface area contributed by atoms with Crippen molar-refractivity contribution >= 4 is 22.7 Å². The minimum Gasteiger partial charge on any atom is -0.480 e. The van der Waals surface area contributed by atoms with Gasteiger partial charge >= 0.3 is 11.9 Å². The van der Waals surface area contributed by atoms with E-state index in [4.69, 9.17) is 0 Å². The summed E-state index contributed by atoms with van der Waals surface area (Å²) in [5.74, 6) is -3.14. The maximum Gasteiger partial charge on any atom is 0.321 e. The van der Waals surface area contributed by atoms with Crippen LogP contribution in [0, 0.1) is 11.3 Å². The molecule has 0 saturated carbocycles. The molecule has 2 N–H and O–H groups in total. The molecule has 0 aliphatic heterocycles. The molecule has 1 unspecified atom stereocenters. The van der Waals surface area contributed by atoms with Gasteiger partial charge in [-0.15, -0.1) is 0 Å². The lowest BCUT2D eigenvalue weighted by Gasteiger charge is -2.27. The average Bonchev–Trinajstić information content (AvgIpc) is 2.46. The van der Waals surface area contributed by atoms with Crippen molar-refractivity contribution in [3.8, 4) is 0 Å². The topological polar surface area (TPSA) is 74.6 Å². The third-order valence-corrected chi connectivity index (χ3v) is 4.28. The molecule has 0 fully saturated rings. The molecule has 0 radical (unpaired) electrons. The summed E-state index contributed by atoms with van der Waals surface area (Å²) >= 11 is 0. The fourth-order valence-corrected chi connectivity index (χ4v) is 2.52. The van der Waals surface area contributed by atoms with Gasteiger partial charge < -0.3 is 10.2 Å². The molecule has 0 amide bonds. The first-order valence-corrected chi connectivity index (χ1v) is 6.80. The molecule has 0 aliphatic rings. The Morgan fingerprint density at radius 2 is 1.62 bits per heavy atom. The summed E-state index contributed by atoms with van der Waals surface area (Å²) in [7, 11) is 0. The van der Waals surface area contributed by atoms with Gasteiger partial charge in [0.25, 0.3) is 0 Å². The first kappa shape index (κ1) is 15.0. The van der Waals surface area contributed by atoms with Crippen molar-refractivity contribution in [1.82, 2.24) is 0 Å². The van der Waals surface area contributed by atoms with Gasteiger partial charge in [0.2, 0.25) is 0 Å². The molecule has 0 heterocycles. The molecule has 2 aromatic rings. The van der Waals surface area contributed by atoms with Crippen LogP contribution in [0.4, 0.5) is 0 Å². The zero-order chi connectivity index (χ0) is 15.6. The van der Waals surface area contributed by atoms with Crippen LogP contribution in [0.3, 0.4) is 0 Å². The lowest BCUT2D eigenvalue weighted by Crippen LogP contribution is -2.42. The molecule has 0 bridgehead atoms. The Kier molecular flexibility index (Phi) is 3.98. The molecule has 0 aliphatic carbocycles. The fraction of sp³-hybridized carbons (Fsp3) is 0.294. The Morgan fingerprint density at radius 3 is 2.24 bits per heavy atom. The molecule has 0 saturated heterocycles. The van der Waals surface area contributed by atoms with Crippen LogP contribution in [0.1, 0.15) is 19.4 Å². The van der Waals surface area contributed by atoms with Crippen LogP contribution in [0.15, 0.2) is 42.5 Å². The highest BCUT2D eigenvalue weighted by molar-refractivity contribution is 5.98. The number of benzene rings is 2. The molecule has 0 spiro atoms. The summed E-state index contributed by atoms with van der Waals surface area (Å²) in [6, 6.07) is 13.6. The maximum absolute atomic E-state index is 11.4. The smallest absolute Gasteiger partial charge is 0.321 e. The van der Waals surface area contributed by atoms with Crippen LogP contribution < -0.4 is 0 Å². The Balaban J connectivity index is 2.40. The monoisotopic (exact) mass is 286 g/mol. The normalized spacial score (nSPS) is 13.0. The minimum absolute atomic E-state index is 0.399. The predicted octanol–water partition coefficient (Wildman–Crippen LogP) is 3.19. The number of rotatable bonds is 5. The van der Waals surface area contributed by atoms with Crippen molar-refractivity contribution in [3.63, 3.8) is 0 Å². The predicted molar refractivity (Wildman–Crippen MR) is 80.2 cm³/mol. The highest BCUT2D eigenvalue weighted by Gasteiger charge is 2.46. The number of hydrogen-bond acceptors (Lipinski definition) is 2. The average molecular weight is 286 g/mol. The number of carboxylic acid groups (broad SMARTS) is 2. The SMILES string of the molecule is CC(Cc1cccc2ccccc12)C(C)(C(=O)O)C(=O)O. The van der Waals surface area contributed by atoms with Gasteiger partial charge in [0.15, 0.2) is 5.41 Å².